The summed E-state index contributed by atoms with van der Waals surface area (Å²) in [4.78, 5) is 25.2. The van der Waals surface area contributed by atoms with Crippen LogP contribution in [0.5, 0.6) is 0 Å². The molecule has 0 aliphatic rings. The maximum atomic E-state index is 11.9. The normalized spacial score (nSPS) is 11.1. The zero-order valence-electron chi connectivity index (χ0n) is 13.0. The van der Waals surface area contributed by atoms with E-state index in [1.165, 1.54) is 6.92 Å². The topological polar surface area (TPSA) is 49.4 Å². The first kappa shape index (κ1) is 16.2. The second-order valence-corrected chi connectivity index (χ2v) is 6.01. The van der Waals surface area contributed by atoms with E-state index in [4.69, 9.17) is 0 Å². The van der Waals surface area contributed by atoms with Gasteiger partial charge in [-0.15, -0.1) is 0 Å². The lowest BCUT2D eigenvalue weighted by Gasteiger charge is -2.34. The Kier molecular flexibility index (Phi) is 5.31. The second kappa shape index (κ2) is 6.55. The fourth-order valence-corrected chi connectivity index (χ4v) is 2.04. The van der Waals surface area contributed by atoms with E-state index in [2.05, 4.69) is 5.32 Å². The minimum absolute atomic E-state index is 0.0133. The monoisotopic (exact) mass is 276 g/mol. The Bertz CT molecular complexity index is 472. The van der Waals surface area contributed by atoms with Gasteiger partial charge in [-0.1, -0.05) is 17.7 Å². The number of nitrogens with one attached hydrogen (secondary N) is 1. The maximum Gasteiger partial charge on any atom is 0.226 e. The van der Waals surface area contributed by atoms with E-state index in [1.807, 2.05) is 52.0 Å². The van der Waals surface area contributed by atoms with Gasteiger partial charge in [0.05, 0.1) is 0 Å². The summed E-state index contributed by atoms with van der Waals surface area (Å²) in [6, 6.07) is 7.65. The van der Waals surface area contributed by atoms with E-state index in [0.29, 0.717) is 13.0 Å². The largest absolute Gasteiger partial charge is 0.338 e. The quantitative estimate of drug-likeness (QED) is 0.919. The van der Waals surface area contributed by atoms with Gasteiger partial charge in [-0.3, -0.25) is 9.59 Å². The van der Waals surface area contributed by atoms with Crippen LogP contribution in [0, 0.1) is 6.92 Å². The molecule has 0 radical (unpaired) electrons. The number of amides is 2. The lowest BCUT2D eigenvalue weighted by atomic mass is 10.1. The predicted molar refractivity (Wildman–Crippen MR) is 81.6 cm³/mol. The SMILES string of the molecule is CC(=O)N(CCC(=O)Nc1ccc(C)cc1)C(C)(C)C. The number of aryl methyl sites for hydroxylation is 1. The van der Waals surface area contributed by atoms with Crippen LogP contribution in [0.3, 0.4) is 0 Å². The minimum Gasteiger partial charge on any atom is -0.338 e. The third-order valence-electron chi connectivity index (χ3n) is 3.09. The molecular formula is C16H24N2O2. The average Bonchev–Trinajstić information content (AvgIpc) is 2.30. The molecule has 1 rings (SSSR count). The Morgan fingerprint density at radius 1 is 1.15 bits per heavy atom. The van der Waals surface area contributed by atoms with Crippen molar-refractivity contribution in [1.29, 1.82) is 0 Å². The third-order valence-corrected chi connectivity index (χ3v) is 3.09. The highest BCUT2D eigenvalue weighted by atomic mass is 16.2. The van der Waals surface area contributed by atoms with Gasteiger partial charge >= 0.3 is 0 Å². The van der Waals surface area contributed by atoms with E-state index >= 15 is 0 Å². The second-order valence-electron chi connectivity index (χ2n) is 6.01. The van der Waals surface area contributed by atoms with Gasteiger partial charge < -0.3 is 10.2 Å². The molecule has 4 nitrogen and oxygen atoms in total. The van der Waals surface area contributed by atoms with E-state index in [1.54, 1.807) is 4.90 Å². The fraction of sp³-hybridized carbons (Fsp3) is 0.500. The number of carbonyl (C=O) groups is 2. The van der Waals surface area contributed by atoms with Crippen LogP contribution >= 0.6 is 0 Å². The van der Waals surface area contributed by atoms with Crippen molar-refractivity contribution in [2.24, 2.45) is 0 Å². The van der Waals surface area contributed by atoms with Crippen molar-refractivity contribution in [2.75, 3.05) is 11.9 Å². The Hall–Kier alpha value is -1.84. The van der Waals surface area contributed by atoms with Crippen LogP contribution in [-0.2, 0) is 9.59 Å². The highest BCUT2D eigenvalue weighted by molar-refractivity contribution is 5.91. The molecule has 1 N–H and O–H groups in total. The molecule has 0 aliphatic carbocycles. The number of hydrogen-bond donors (Lipinski definition) is 1. The molecular weight excluding hydrogens is 252 g/mol. The van der Waals surface area contributed by atoms with Crippen LogP contribution < -0.4 is 5.32 Å². The Morgan fingerprint density at radius 2 is 1.70 bits per heavy atom. The van der Waals surface area contributed by atoms with Crippen LogP contribution in [0.1, 0.15) is 39.7 Å². The molecule has 0 fully saturated rings. The smallest absolute Gasteiger partial charge is 0.226 e. The van der Waals surface area contributed by atoms with E-state index < -0.39 is 0 Å². The van der Waals surface area contributed by atoms with Gasteiger partial charge in [-0.05, 0) is 39.8 Å². The van der Waals surface area contributed by atoms with Crippen molar-refractivity contribution in [2.45, 2.75) is 46.6 Å². The van der Waals surface area contributed by atoms with Gasteiger partial charge in [0, 0.05) is 31.1 Å². The van der Waals surface area contributed by atoms with Gasteiger partial charge in [0.2, 0.25) is 11.8 Å². The molecule has 0 aromatic heterocycles. The molecule has 0 bridgehead atoms. The van der Waals surface area contributed by atoms with E-state index in [0.717, 1.165) is 11.3 Å². The summed E-state index contributed by atoms with van der Waals surface area (Å²) in [5, 5.41) is 2.84. The molecule has 0 atom stereocenters. The molecule has 2 amide bonds. The first-order valence-corrected chi connectivity index (χ1v) is 6.85. The van der Waals surface area contributed by atoms with Crippen LogP contribution in [0.2, 0.25) is 0 Å². The Labute approximate surface area is 121 Å². The van der Waals surface area contributed by atoms with Crippen molar-refractivity contribution < 1.29 is 9.59 Å². The summed E-state index contributed by atoms with van der Waals surface area (Å²) in [6.07, 6.45) is 0.296. The molecule has 0 unspecified atom stereocenters. The van der Waals surface area contributed by atoms with Gasteiger partial charge in [-0.2, -0.15) is 0 Å². The average molecular weight is 276 g/mol. The minimum atomic E-state index is -0.268. The van der Waals surface area contributed by atoms with Gasteiger partial charge in [-0.25, -0.2) is 0 Å². The standard InChI is InChI=1S/C16H24N2O2/c1-12-6-8-14(9-7-12)17-15(20)10-11-18(13(2)19)16(3,4)5/h6-9H,10-11H2,1-5H3,(H,17,20). The number of hydrogen-bond acceptors (Lipinski definition) is 2. The summed E-state index contributed by atoms with van der Waals surface area (Å²) >= 11 is 0. The van der Waals surface area contributed by atoms with Crippen molar-refractivity contribution in [1.82, 2.24) is 4.90 Å². The van der Waals surface area contributed by atoms with Crippen LogP contribution in [0.4, 0.5) is 5.69 Å². The third kappa shape index (κ3) is 5.03. The number of carbonyl (C=O) groups excluding carboxylic acids is 2. The van der Waals surface area contributed by atoms with Crippen LogP contribution in [0.25, 0.3) is 0 Å². The summed E-state index contributed by atoms with van der Waals surface area (Å²) in [5.41, 5.74) is 1.67. The lowest BCUT2D eigenvalue weighted by molar-refractivity contribution is -0.134. The van der Waals surface area contributed by atoms with Crippen molar-refractivity contribution in [3.63, 3.8) is 0 Å². The van der Waals surface area contributed by atoms with Crippen molar-refractivity contribution in [3.05, 3.63) is 29.8 Å². The number of rotatable bonds is 4. The molecule has 110 valence electrons. The lowest BCUT2D eigenvalue weighted by Crippen LogP contribution is -2.45. The Morgan fingerprint density at radius 3 is 2.15 bits per heavy atom. The van der Waals surface area contributed by atoms with E-state index in [-0.39, 0.29) is 17.4 Å². The summed E-state index contributed by atoms with van der Waals surface area (Å²) in [7, 11) is 0. The molecule has 0 heterocycles. The zero-order valence-corrected chi connectivity index (χ0v) is 13.0. The highest BCUT2D eigenvalue weighted by Crippen LogP contribution is 2.14. The number of benzene rings is 1. The van der Waals surface area contributed by atoms with Gasteiger partial charge in [0.1, 0.15) is 0 Å². The zero-order chi connectivity index (χ0) is 15.3. The molecule has 1 aromatic carbocycles. The molecule has 0 aliphatic heterocycles. The molecule has 1 aromatic rings. The Balaban J connectivity index is 2.54. The molecule has 0 saturated carbocycles. The first-order valence-electron chi connectivity index (χ1n) is 6.85. The highest BCUT2D eigenvalue weighted by Gasteiger charge is 2.23. The molecule has 20 heavy (non-hydrogen) atoms. The van der Waals surface area contributed by atoms with Crippen LogP contribution in [-0.4, -0.2) is 28.8 Å². The maximum absolute atomic E-state index is 11.9. The van der Waals surface area contributed by atoms with Gasteiger partial charge in [0.15, 0.2) is 0 Å². The van der Waals surface area contributed by atoms with Gasteiger partial charge in [0.25, 0.3) is 0 Å². The molecule has 0 saturated heterocycles. The molecule has 0 spiro atoms. The number of nitrogens with zero attached hydrogens (tertiary/aromatic N) is 1. The fourth-order valence-electron chi connectivity index (χ4n) is 2.04. The van der Waals surface area contributed by atoms with E-state index in [9.17, 15) is 9.59 Å². The van der Waals surface area contributed by atoms with Crippen molar-refractivity contribution in [3.8, 4) is 0 Å². The summed E-state index contributed by atoms with van der Waals surface area (Å²) in [6.45, 7) is 9.85. The van der Waals surface area contributed by atoms with Crippen LogP contribution in [0.15, 0.2) is 24.3 Å². The summed E-state index contributed by atoms with van der Waals surface area (Å²) < 4.78 is 0. The first-order chi connectivity index (χ1) is 9.20. The summed E-state index contributed by atoms with van der Waals surface area (Å²) in [5.74, 6) is -0.0926. The molecule has 4 heteroatoms. The number of anilines is 1. The predicted octanol–water partition coefficient (Wildman–Crippen LogP) is 2.97. The van der Waals surface area contributed by atoms with Crippen molar-refractivity contribution >= 4 is 17.5 Å².